The molecule has 0 atom stereocenters. The van der Waals surface area contributed by atoms with Crippen LogP contribution in [-0.4, -0.2) is 19.8 Å². The van der Waals surface area contributed by atoms with Gasteiger partial charge in [0.05, 0.1) is 16.6 Å². The molecule has 0 aliphatic rings. The van der Waals surface area contributed by atoms with Crippen LogP contribution in [0.4, 0.5) is 0 Å². The van der Waals surface area contributed by atoms with E-state index in [1.165, 1.54) is 0 Å². The summed E-state index contributed by atoms with van der Waals surface area (Å²) in [7, 11) is 0. The third-order valence-electron chi connectivity index (χ3n) is 4.08. The Hall–Kier alpha value is -3.14. The van der Waals surface area contributed by atoms with Crippen molar-refractivity contribution in [2.24, 2.45) is 0 Å². The number of rotatable bonds is 1. The molecule has 22 heavy (non-hydrogen) atoms. The van der Waals surface area contributed by atoms with Crippen LogP contribution in [0.5, 0.6) is 0 Å². The van der Waals surface area contributed by atoms with Crippen molar-refractivity contribution < 1.29 is 0 Å². The molecular weight excluding hydrogens is 272 g/mol. The molecule has 5 rings (SSSR count). The van der Waals surface area contributed by atoms with E-state index in [1.807, 2.05) is 34.8 Å². The highest BCUT2D eigenvalue weighted by Crippen LogP contribution is 2.29. The van der Waals surface area contributed by atoms with Gasteiger partial charge in [-0.1, -0.05) is 53.7 Å². The predicted molar refractivity (Wildman–Crippen MR) is 87.8 cm³/mol. The van der Waals surface area contributed by atoms with Crippen LogP contribution in [0.2, 0.25) is 0 Å². The lowest BCUT2D eigenvalue weighted by Gasteiger charge is -1.98. The van der Waals surface area contributed by atoms with Gasteiger partial charge in [0.1, 0.15) is 5.69 Å². The first-order chi connectivity index (χ1) is 10.9. The van der Waals surface area contributed by atoms with Gasteiger partial charge < -0.3 is 4.98 Å². The number of hydrogen-bond donors (Lipinski definition) is 1. The molecule has 0 aliphatic carbocycles. The van der Waals surface area contributed by atoms with Crippen molar-refractivity contribution in [3.8, 4) is 11.3 Å². The van der Waals surface area contributed by atoms with Gasteiger partial charge in [0, 0.05) is 16.5 Å². The molecule has 0 spiro atoms. The molecule has 4 heteroatoms. The SMILES string of the molecule is c1ccc(-c2nnn3c2ccc2[nH]c4ccccc4c23)cc1. The van der Waals surface area contributed by atoms with Crippen LogP contribution in [0.3, 0.4) is 0 Å². The van der Waals surface area contributed by atoms with E-state index >= 15 is 0 Å². The fraction of sp³-hybridized carbons (Fsp3) is 0. The summed E-state index contributed by atoms with van der Waals surface area (Å²) in [5, 5.41) is 9.95. The van der Waals surface area contributed by atoms with Crippen molar-refractivity contribution in [2.75, 3.05) is 0 Å². The quantitative estimate of drug-likeness (QED) is 0.505. The molecule has 4 nitrogen and oxygen atoms in total. The molecule has 0 fully saturated rings. The Labute approximate surface area is 126 Å². The number of nitrogens with one attached hydrogen (secondary N) is 1. The molecule has 0 saturated heterocycles. The second-order valence-corrected chi connectivity index (χ2v) is 5.37. The molecule has 2 aromatic carbocycles. The third kappa shape index (κ3) is 1.46. The molecule has 0 amide bonds. The van der Waals surface area contributed by atoms with Gasteiger partial charge in [-0.05, 0) is 18.2 Å². The zero-order valence-corrected chi connectivity index (χ0v) is 11.7. The van der Waals surface area contributed by atoms with Gasteiger partial charge in [0.25, 0.3) is 0 Å². The molecule has 3 aromatic heterocycles. The van der Waals surface area contributed by atoms with Crippen LogP contribution >= 0.6 is 0 Å². The fourth-order valence-corrected chi connectivity index (χ4v) is 3.06. The summed E-state index contributed by atoms with van der Waals surface area (Å²) in [6.45, 7) is 0. The van der Waals surface area contributed by atoms with Crippen molar-refractivity contribution in [3.63, 3.8) is 0 Å². The molecule has 0 unspecified atom stereocenters. The predicted octanol–water partition coefficient (Wildman–Crippen LogP) is 4.03. The van der Waals surface area contributed by atoms with E-state index < -0.39 is 0 Å². The largest absolute Gasteiger partial charge is 0.353 e. The van der Waals surface area contributed by atoms with Gasteiger partial charge in [-0.2, -0.15) is 0 Å². The van der Waals surface area contributed by atoms with Crippen molar-refractivity contribution in [1.82, 2.24) is 19.8 Å². The third-order valence-corrected chi connectivity index (χ3v) is 4.08. The molecule has 0 bridgehead atoms. The van der Waals surface area contributed by atoms with E-state index in [-0.39, 0.29) is 0 Å². The molecule has 1 N–H and O–H groups in total. The topological polar surface area (TPSA) is 46.0 Å². The van der Waals surface area contributed by atoms with Crippen LogP contribution in [-0.2, 0) is 0 Å². The van der Waals surface area contributed by atoms with Gasteiger partial charge >= 0.3 is 0 Å². The average molecular weight is 284 g/mol. The Bertz CT molecular complexity index is 1120. The lowest BCUT2D eigenvalue weighted by Crippen LogP contribution is -1.88. The number of benzene rings is 2. The zero-order chi connectivity index (χ0) is 14.5. The monoisotopic (exact) mass is 284 g/mol. The highest BCUT2D eigenvalue weighted by Gasteiger charge is 2.13. The van der Waals surface area contributed by atoms with Crippen LogP contribution < -0.4 is 0 Å². The average Bonchev–Trinajstić information content (AvgIpc) is 3.16. The summed E-state index contributed by atoms with van der Waals surface area (Å²) < 4.78 is 1.93. The van der Waals surface area contributed by atoms with E-state index in [9.17, 15) is 0 Å². The summed E-state index contributed by atoms with van der Waals surface area (Å²) in [4.78, 5) is 3.43. The summed E-state index contributed by atoms with van der Waals surface area (Å²) in [6.07, 6.45) is 0. The normalized spacial score (nSPS) is 11.6. The summed E-state index contributed by atoms with van der Waals surface area (Å²) in [5.41, 5.74) is 6.26. The maximum Gasteiger partial charge on any atom is 0.120 e. The first-order valence-electron chi connectivity index (χ1n) is 7.22. The standard InChI is InChI=1S/C18H12N4/c1-2-6-12(7-3-1)17-16-11-10-15-18(22(16)21-20-17)13-8-4-5-9-14(13)19-15/h1-11,19H. The number of aromatic nitrogens is 4. The summed E-state index contributed by atoms with van der Waals surface area (Å²) in [5.74, 6) is 0. The minimum atomic E-state index is 0.910. The molecule has 3 heterocycles. The van der Waals surface area contributed by atoms with Gasteiger partial charge in [-0.25, -0.2) is 4.52 Å². The highest BCUT2D eigenvalue weighted by atomic mass is 15.4. The summed E-state index contributed by atoms with van der Waals surface area (Å²) in [6, 6.07) is 22.6. The van der Waals surface area contributed by atoms with E-state index in [2.05, 4.69) is 51.7 Å². The number of fused-ring (bicyclic) bond motifs is 5. The molecule has 0 radical (unpaired) electrons. The van der Waals surface area contributed by atoms with E-state index in [4.69, 9.17) is 0 Å². The van der Waals surface area contributed by atoms with Crippen LogP contribution in [0, 0.1) is 0 Å². The number of pyridine rings is 1. The van der Waals surface area contributed by atoms with Gasteiger partial charge in [-0.3, -0.25) is 0 Å². The molecular formula is C18H12N4. The Morgan fingerprint density at radius 2 is 1.59 bits per heavy atom. The zero-order valence-electron chi connectivity index (χ0n) is 11.7. The molecule has 5 aromatic rings. The molecule has 0 aliphatic heterocycles. The highest BCUT2D eigenvalue weighted by molar-refractivity contribution is 6.06. The second kappa shape index (κ2) is 4.18. The van der Waals surface area contributed by atoms with Crippen molar-refractivity contribution in [2.45, 2.75) is 0 Å². The van der Waals surface area contributed by atoms with Crippen LogP contribution in [0.25, 0.3) is 38.7 Å². The number of hydrogen-bond acceptors (Lipinski definition) is 2. The lowest BCUT2D eigenvalue weighted by atomic mass is 10.1. The summed E-state index contributed by atoms with van der Waals surface area (Å²) >= 11 is 0. The number of nitrogens with zero attached hydrogens (tertiary/aromatic N) is 3. The fourth-order valence-electron chi connectivity index (χ4n) is 3.06. The van der Waals surface area contributed by atoms with E-state index in [0.29, 0.717) is 0 Å². The van der Waals surface area contributed by atoms with E-state index in [1.54, 1.807) is 0 Å². The maximum atomic E-state index is 4.40. The van der Waals surface area contributed by atoms with Crippen molar-refractivity contribution >= 4 is 27.5 Å². The minimum Gasteiger partial charge on any atom is -0.353 e. The first-order valence-corrected chi connectivity index (χ1v) is 7.22. The Morgan fingerprint density at radius 3 is 2.50 bits per heavy atom. The molecule has 0 saturated carbocycles. The second-order valence-electron chi connectivity index (χ2n) is 5.37. The Kier molecular flexibility index (Phi) is 2.19. The number of para-hydroxylation sites is 1. The minimum absolute atomic E-state index is 0.910. The molecule has 104 valence electrons. The number of H-pyrrole nitrogens is 1. The lowest BCUT2D eigenvalue weighted by molar-refractivity contribution is 0.886. The van der Waals surface area contributed by atoms with E-state index in [0.717, 1.165) is 38.7 Å². The van der Waals surface area contributed by atoms with Crippen LogP contribution in [0.15, 0.2) is 66.7 Å². The maximum absolute atomic E-state index is 4.40. The van der Waals surface area contributed by atoms with Crippen LogP contribution in [0.1, 0.15) is 0 Å². The Morgan fingerprint density at radius 1 is 0.773 bits per heavy atom. The smallest absolute Gasteiger partial charge is 0.120 e. The first kappa shape index (κ1) is 11.5. The van der Waals surface area contributed by atoms with Gasteiger partial charge in [-0.15, -0.1) is 5.10 Å². The number of aromatic amines is 1. The Balaban J connectivity index is 1.93. The van der Waals surface area contributed by atoms with Crippen molar-refractivity contribution in [3.05, 3.63) is 66.7 Å². The van der Waals surface area contributed by atoms with Gasteiger partial charge in [0.15, 0.2) is 0 Å². The van der Waals surface area contributed by atoms with Gasteiger partial charge in [0.2, 0.25) is 0 Å². The van der Waals surface area contributed by atoms with Crippen molar-refractivity contribution in [1.29, 1.82) is 0 Å².